The smallest absolute Gasteiger partial charge is 0.301 e. The van der Waals surface area contributed by atoms with Crippen molar-refractivity contribution < 1.29 is 19.4 Å². The monoisotopic (exact) mass is 512 g/mol. The highest BCUT2D eigenvalue weighted by molar-refractivity contribution is 7.22. The van der Waals surface area contributed by atoms with Crippen molar-refractivity contribution in [2.75, 3.05) is 4.90 Å². The lowest BCUT2D eigenvalue weighted by atomic mass is 9.95. The summed E-state index contributed by atoms with van der Waals surface area (Å²) in [5.41, 5.74) is 4.15. The number of benzene rings is 3. The van der Waals surface area contributed by atoms with E-state index >= 15 is 0 Å². The van der Waals surface area contributed by atoms with Gasteiger partial charge in [0.1, 0.15) is 11.5 Å². The summed E-state index contributed by atoms with van der Waals surface area (Å²) in [4.78, 5) is 33.0. The van der Waals surface area contributed by atoms with Gasteiger partial charge in [-0.15, -0.1) is 0 Å². The molecule has 1 atom stereocenters. The SMILES string of the molecule is CCc1ccc2nc(N3C(=O)C(=O)C(=C(O)c4ccc(C)cc4)[C@@H]3c3ccc(OC(C)C)cc3)sc2c1. The van der Waals surface area contributed by atoms with Crippen molar-refractivity contribution in [3.05, 3.63) is 94.6 Å². The van der Waals surface area contributed by atoms with Crippen LogP contribution >= 0.6 is 11.3 Å². The van der Waals surface area contributed by atoms with E-state index in [0.717, 1.165) is 22.2 Å². The van der Waals surface area contributed by atoms with Crippen LogP contribution in [-0.2, 0) is 16.0 Å². The van der Waals surface area contributed by atoms with Crippen LogP contribution < -0.4 is 9.64 Å². The number of hydrogen-bond acceptors (Lipinski definition) is 6. The standard InChI is InChI=1S/C30H28N2O4S/c1-5-19-8-15-23-24(16-19)37-30(31-23)32-26(20-11-13-22(14-12-20)36-17(2)3)25(28(34)29(32)35)27(33)21-9-6-18(4)7-10-21/h6-17,26,33H,5H2,1-4H3/t26-/m0/s1. The van der Waals surface area contributed by atoms with Crippen LogP contribution in [0.2, 0.25) is 0 Å². The van der Waals surface area contributed by atoms with E-state index in [2.05, 4.69) is 13.0 Å². The molecule has 5 rings (SSSR count). The molecule has 0 radical (unpaired) electrons. The zero-order valence-electron chi connectivity index (χ0n) is 21.2. The molecular weight excluding hydrogens is 484 g/mol. The van der Waals surface area contributed by atoms with E-state index in [1.54, 1.807) is 12.1 Å². The van der Waals surface area contributed by atoms with E-state index in [1.165, 1.54) is 21.8 Å². The topological polar surface area (TPSA) is 79.7 Å². The Bertz CT molecular complexity index is 1520. The minimum absolute atomic E-state index is 0.00813. The van der Waals surface area contributed by atoms with Crippen molar-refractivity contribution in [1.29, 1.82) is 0 Å². The van der Waals surface area contributed by atoms with Crippen molar-refractivity contribution in [3.63, 3.8) is 0 Å². The number of aliphatic hydroxyl groups is 1. The van der Waals surface area contributed by atoms with Crippen LogP contribution in [0, 0.1) is 6.92 Å². The number of ketones is 1. The number of carbonyl (C=O) groups is 2. The molecule has 1 aliphatic rings. The van der Waals surface area contributed by atoms with Gasteiger partial charge >= 0.3 is 5.91 Å². The van der Waals surface area contributed by atoms with Crippen LogP contribution in [0.4, 0.5) is 5.13 Å². The third kappa shape index (κ3) is 4.62. The molecule has 7 heteroatoms. The van der Waals surface area contributed by atoms with Gasteiger partial charge in [-0.25, -0.2) is 4.98 Å². The van der Waals surface area contributed by atoms with E-state index in [9.17, 15) is 14.7 Å². The maximum absolute atomic E-state index is 13.5. The van der Waals surface area contributed by atoms with Crippen molar-refractivity contribution in [1.82, 2.24) is 4.98 Å². The largest absolute Gasteiger partial charge is 0.507 e. The first-order valence-electron chi connectivity index (χ1n) is 12.3. The maximum atomic E-state index is 13.5. The van der Waals surface area contributed by atoms with Gasteiger partial charge in [-0.3, -0.25) is 14.5 Å². The summed E-state index contributed by atoms with van der Waals surface area (Å²) in [6.07, 6.45) is 0.892. The quantitative estimate of drug-likeness (QED) is 0.179. The number of ether oxygens (including phenoxy) is 1. The molecule has 6 nitrogen and oxygen atoms in total. The number of thiazole rings is 1. The van der Waals surface area contributed by atoms with Gasteiger partial charge < -0.3 is 9.84 Å². The Morgan fingerprint density at radius 1 is 1.05 bits per heavy atom. The molecule has 3 aromatic carbocycles. The molecule has 1 fully saturated rings. The number of amides is 1. The molecule has 1 saturated heterocycles. The van der Waals surface area contributed by atoms with Crippen molar-refractivity contribution >= 4 is 44.1 Å². The molecule has 188 valence electrons. The Morgan fingerprint density at radius 3 is 2.41 bits per heavy atom. The number of rotatable bonds is 6. The average molecular weight is 513 g/mol. The highest BCUT2D eigenvalue weighted by atomic mass is 32.1. The number of anilines is 1. The molecule has 1 aromatic heterocycles. The van der Waals surface area contributed by atoms with Gasteiger partial charge in [0.15, 0.2) is 5.13 Å². The normalized spacial score (nSPS) is 17.2. The highest BCUT2D eigenvalue weighted by Crippen LogP contribution is 2.44. The van der Waals surface area contributed by atoms with Crippen LogP contribution in [0.5, 0.6) is 5.75 Å². The van der Waals surface area contributed by atoms with Gasteiger partial charge in [-0.2, -0.15) is 0 Å². The first-order valence-corrected chi connectivity index (χ1v) is 13.1. The van der Waals surface area contributed by atoms with Crippen molar-refractivity contribution in [2.45, 2.75) is 46.3 Å². The minimum atomic E-state index is -0.833. The summed E-state index contributed by atoms with van der Waals surface area (Å²) in [6.45, 7) is 7.92. The third-order valence-electron chi connectivity index (χ3n) is 6.39. The third-order valence-corrected chi connectivity index (χ3v) is 7.41. The molecule has 0 bridgehead atoms. The fourth-order valence-corrected chi connectivity index (χ4v) is 5.55. The fourth-order valence-electron chi connectivity index (χ4n) is 4.49. The second-order valence-corrected chi connectivity index (χ2v) is 10.4. The fraction of sp³-hybridized carbons (Fsp3) is 0.233. The lowest BCUT2D eigenvalue weighted by Crippen LogP contribution is -2.29. The molecule has 1 aliphatic heterocycles. The van der Waals surface area contributed by atoms with E-state index in [1.807, 2.05) is 69.3 Å². The van der Waals surface area contributed by atoms with E-state index in [0.29, 0.717) is 22.0 Å². The number of aliphatic hydroxyl groups excluding tert-OH is 1. The summed E-state index contributed by atoms with van der Waals surface area (Å²) in [7, 11) is 0. The number of aryl methyl sites for hydroxylation is 2. The van der Waals surface area contributed by atoms with E-state index in [-0.39, 0.29) is 17.4 Å². The summed E-state index contributed by atoms with van der Waals surface area (Å²) in [5.74, 6) is -0.973. The lowest BCUT2D eigenvalue weighted by molar-refractivity contribution is -0.132. The minimum Gasteiger partial charge on any atom is -0.507 e. The van der Waals surface area contributed by atoms with Gasteiger partial charge in [0.25, 0.3) is 5.78 Å². The maximum Gasteiger partial charge on any atom is 0.301 e. The van der Waals surface area contributed by atoms with Crippen LogP contribution in [0.1, 0.15) is 49.1 Å². The van der Waals surface area contributed by atoms with Gasteiger partial charge in [0.2, 0.25) is 0 Å². The summed E-state index contributed by atoms with van der Waals surface area (Å²) in [6, 6.07) is 19.7. The Balaban J connectivity index is 1.68. The zero-order valence-corrected chi connectivity index (χ0v) is 22.0. The molecule has 4 aromatic rings. The summed E-state index contributed by atoms with van der Waals surface area (Å²) >= 11 is 1.36. The van der Waals surface area contributed by atoms with Gasteiger partial charge in [0.05, 0.1) is 27.9 Å². The second-order valence-electron chi connectivity index (χ2n) is 9.42. The lowest BCUT2D eigenvalue weighted by Gasteiger charge is -2.23. The Kier molecular flexibility index (Phi) is 6.56. The predicted octanol–water partition coefficient (Wildman–Crippen LogP) is 6.58. The van der Waals surface area contributed by atoms with E-state index < -0.39 is 17.7 Å². The molecule has 1 amide bonds. The predicted molar refractivity (Wildman–Crippen MR) is 147 cm³/mol. The van der Waals surface area contributed by atoms with Crippen molar-refractivity contribution in [2.24, 2.45) is 0 Å². The Morgan fingerprint density at radius 2 is 1.76 bits per heavy atom. The van der Waals surface area contributed by atoms with E-state index in [4.69, 9.17) is 9.72 Å². The summed E-state index contributed by atoms with van der Waals surface area (Å²) in [5, 5.41) is 11.7. The van der Waals surface area contributed by atoms with Crippen LogP contribution in [0.3, 0.4) is 0 Å². The zero-order chi connectivity index (χ0) is 26.3. The second kappa shape index (κ2) is 9.82. The van der Waals surface area contributed by atoms with Gasteiger partial charge in [-0.05, 0) is 62.6 Å². The van der Waals surface area contributed by atoms with Crippen LogP contribution in [-0.4, -0.2) is 27.9 Å². The number of hydrogen-bond donors (Lipinski definition) is 1. The first-order chi connectivity index (χ1) is 17.8. The molecule has 0 saturated carbocycles. The molecule has 0 spiro atoms. The molecule has 0 aliphatic carbocycles. The molecule has 37 heavy (non-hydrogen) atoms. The highest BCUT2D eigenvalue weighted by Gasteiger charge is 2.48. The first kappa shape index (κ1) is 24.7. The number of fused-ring (bicyclic) bond motifs is 1. The number of aromatic nitrogens is 1. The van der Waals surface area contributed by atoms with Crippen molar-refractivity contribution in [3.8, 4) is 5.75 Å². The van der Waals surface area contributed by atoms with Gasteiger partial charge in [-0.1, -0.05) is 66.3 Å². The van der Waals surface area contributed by atoms with Crippen LogP contribution in [0.25, 0.3) is 16.0 Å². The molecule has 0 unspecified atom stereocenters. The molecule has 1 N–H and O–H groups in total. The molecule has 2 heterocycles. The number of carbonyl (C=O) groups excluding carboxylic acids is 2. The average Bonchev–Trinajstić information content (AvgIpc) is 3.41. The number of nitrogens with zero attached hydrogens (tertiary/aromatic N) is 2. The Labute approximate surface area is 219 Å². The Hall–Kier alpha value is -3.97. The number of Topliss-reactive ketones (excluding diaryl/α,β-unsaturated/α-hetero) is 1. The summed E-state index contributed by atoms with van der Waals surface area (Å²) < 4.78 is 6.72. The van der Waals surface area contributed by atoms with Crippen LogP contribution in [0.15, 0.2) is 72.3 Å². The van der Waals surface area contributed by atoms with Gasteiger partial charge in [0, 0.05) is 5.56 Å². The molecular formula is C30H28N2O4S.